The summed E-state index contributed by atoms with van der Waals surface area (Å²) >= 11 is 0. The lowest BCUT2D eigenvalue weighted by molar-refractivity contribution is 0.0691. The molecule has 0 amide bonds. The van der Waals surface area contributed by atoms with E-state index in [0.717, 1.165) is 60.2 Å². The van der Waals surface area contributed by atoms with Crippen molar-refractivity contribution in [2.45, 2.75) is 32.1 Å². The van der Waals surface area contributed by atoms with Crippen LogP contribution in [0.3, 0.4) is 0 Å². The molecule has 0 atom stereocenters. The summed E-state index contributed by atoms with van der Waals surface area (Å²) in [7, 11) is 0. The van der Waals surface area contributed by atoms with Gasteiger partial charge in [-0.05, 0) is 66.8 Å². The van der Waals surface area contributed by atoms with E-state index in [2.05, 4.69) is 22.0 Å². The fourth-order valence-electron chi connectivity index (χ4n) is 5.01. The number of anilines is 1. The number of carboxylic acid groups (broad SMARTS) is 1. The first-order valence-corrected chi connectivity index (χ1v) is 12.4. The zero-order chi connectivity index (χ0) is 24.8. The summed E-state index contributed by atoms with van der Waals surface area (Å²) < 4.78 is 21.5. The Morgan fingerprint density at radius 1 is 1.06 bits per heavy atom. The minimum absolute atomic E-state index is 0.0661. The van der Waals surface area contributed by atoms with Crippen molar-refractivity contribution in [2.24, 2.45) is 0 Å². The van der Waals surface area contributed by atoms with Crippen LogP contribution >= 0.6 is 0 Å². The van der Waals surface area contributed by atoms with Crippen molar-refractivity contribution < 1.29 is 19.0 Å². The van der Waals surface area contributed by atoms with E-state index in [0.29, 0.717) is 30.1 Å². The molecular weight excluding hydrogens is 459 g/mol. The second-order valence-electron chi connectivity index (χ2n) is 9.56. The number of nitrogens with zero attached hydrogens (tertiary/aromatic N) is 4. The van der Waals surface area contributed by atoms with Crippen molar-refractivity contribution in [2.75, 3.05) is 31.2 Å². The van der Waals surface area contributed by atoms with Crippen LogP contribution in [-0.2, 0) is 4.74 Å². The molecule has 6 rings (SSSR count). The molecule has 36 heavy (non-hydrogen) atoms. The van der Waals surface area contributed by atoms with Gasteiger partial charge in [0, 0.05) is 24.7 Å². The summed E-state index contributed by atoms with van der Waals surface area (Å²) in [5, 5.41) is 15.6. The highest BCUT2D eigenvalue weighted by Crippen LogP contribution is 2.43. The number of hydrogen-bond acceptors (Lipinski definition) is 5. The van der Waals surface area contributed by atoms with E-state index in [1.165, 1.54) is 6.07 Å². The molecule has 1 aliphatic carbocycles. The van der Waals surface area contributed by atoms with Gasteiger partial charge in [-0.15, -0.1) is 0 Å². The maximum absolute atomic E-state index is 14.5. The molecule has 2 aliphatic rings. The minimum atomic E-state index is -1.11. The van der Waals surface area contributed by atoms with Gasteiger partial charge >= 0.3 is 5.97 Å². The third kappa shape index (κ3) is 3.91. The normalized spacial score (nSPS) is 16.3. The van der Waals surface area contributed by atoms with Gasteiger partial charge in [0.15, 0.2) is 11.3 Å². The number of aromatic nitrogens is 3. The first-order valence-electron chi connectivity index (χ1n) is 12.4. The number of benzene rings is 2. The molecule has 0 radical (unpaired) electrons. The molecule has 7 nitrogen and oxygen atoms in total. The highest BCUT2D eigenvalue weighted by molar-refractivity contribution is 6.00. The predicted octanol–water partition coefficient (Wildman–Crippen LogP) is 5.34. The largest absolute Gasteiger partial charge is 0.477 e. The van der Waals surface area contributed by atoms with Gasteiger partial charge in [-0.2, -0.15) is 5.10 Å². The van der Waals surface area contributed by atoms with Crippen LogP contribution in [0.2, 0.25) is 0 Å². The summed E-state index contributed by atoms with van der Waals surface area (Å²) in [6.45, 7) is 4.80. The molecule has 0 bridgehead atoms. The van der Waals surface area contributed by atoms with E-state index in [4.69, 9.17) is 9.84 Å². The molecular formula is C28H27FN4O3. The molecule has 4 aromatic rings. The Kier molecular flexibility index (Phi) is 5.68. The van der Waals surface area contributed by atoms with E-state index in [1.54, 1.807) is 29.8 Å². The number of morpholine rings is 1. The smallest absolute Gasteiger partial charge is 0.354 e. The standard InChI is InChI=1S/C28H27FN4O3/c1-17-5-8-21(15-23(17)29)33-27-25(26(31-33)19-3-2-4-19)22(16-24(30-27)28(34)35)18-6-9-20(10-7-18)32-11-13-36-14-12-32/h5-10,15-16,19H,2-4,11-14H2,1H3,(H,34,35). The third-order valence-electron chi connectivity index (χ3n) is 7.33. The van der Waals surface area contributed by atoms with Crippen molar-refractivity contribution in [1.82, 2.24) is 14.8 Å². The average molecular weight is 487 g/mol. The maximum Gasteiger partial charge on any atom is 0.354 e. The van der Waals surface area contributed by atoms with Crippen LogP contribution in [0.25, 0.3) is 27.8 Å². The second-order valence-corrected chi connectivity index (χ2v) is 9.56. The lowest BCUT2D eigenvalue weighted by Crippen LogP contribution is -2.36. The predicted molar refractivity (Wildman–Crippen MR) is 136 cm³/mol. The van der Waals surface area contributed by atoms with Crippen LogP contribution < -0.4 is 4.90 Å². The van der Waals surface area contributed by atoms with Crippen LogP contribution in [0.5, 0.6) is 0 Å². The molecule has 2 aromatic heterocycles. The van der Waals surface area contributed by atoms with Crippen LogP contribution in [0.1, 0.15) is 46.9 Å². The average Bonchev–Trinajstić information content (AvgIpc) is 3.24. The molecule has 1 saturated heterocycles. The SMILES string of the molecule is Cc1ccc(-n2nc(C3CCC3)c3c(-c4ccc(N5CCOCC5)cc4)cc(C(=O)O)nc32)cc1F. The molecule has 0 unspecified atom stereocenters. The summed E-state index contributed by atoms with van der Waals surface area (Å²) in [5.74, 6) is -1.18. The number of pyridine rings is 1. The summed E-state index contributed by atoms with van der Waals surface area (Å²) in [6.07, 6.45) is 3.16. The van der Waals surface area contributed by atoms with Gasteiger partial charge in [0.05, 0.1) is 30.0 Å². The second kappa shape index (κ2) is 9.02. The van der Waals surface area contributed by atoms with Gasteiger partial charge in [-0.3, -0.25) is 0 Å². The topological polar surface area (TPSA) is 80.5 Å². The fraction of sp³-hybridized carbons (Fsp3) is 0.321. The van der Waals surface area contributed by atoms with Crippen molar-refractivity contribution in [1.29, 1.82) is 0 Å². The number of aromatic carboxylic acids is 1. The van der Waals surface area contributed by atoms with E-state index in [9.17, 15) is 14.3 Å². The number of fused-ring (bicyclic) bond motifs is 1. The Labute approximate surface area is 208 Å². The molecule has 2 aromatic carbocycles. The fourth-order valence-corrected chi connectivity index (χ4v) is 5.01. The van der Waals surface area contributed by atoms with Crippen LogP contribution in [0, 0.1) is 12.7 Å². The van der Waals surface area contributed by atoms with Crippen LogP contribution in [0.4, 0.5) is 10.1 Å². The number of ether oxygens (including phenoxy) is 1. The van der Waals surface area contributed by atoms with Gasteiger partial charge < -0.3 is 14.7 Å². The quantitative estimate of drug-likeness (QED) is 0.410. The molecule has 8 heteroatoms. The minimum Gasteiger partial charge on any atom is -0.477 e. The highest BCUT2D eigenvalue weighted by Gasteiger charge is 2.29. The van der Waals surface area contributed by atoms with E-state index >= 15 is 0 Å². The molecule has 1 saturated carbocycles. The Balaban J connectivity index is 1.55. The first kappa shape index (κ1) is 22.7. The van der Waals surface area contributed by atoms with Gasteiger partial charge in [0.1, 0.15) is 5.82 Å². The zero-order valence-electron chi connectivity index (χ0n) is 20.1. The molecule has 0 spiro atoms. The van der Waals surface area contributed by atoms with Crippen LogP contribution in [0.15, 0.2) is 48.5 Å². The van der Waals surface area contributed by atoms with Crippen molar-refractivity contribution in [3.63, 3.8) is 0 Å². The van der Waals surface area contributed by atoms with Crippen LogP contribution in [-0.4, -0.2) is 52.1 Å². The van der Waals surface area contributed by atoms with Crippen molar-refractivity contribution in [3.8, 4) is 16.8 Å². The number of rotatable bonds is 5. The van der Waals surface area contributed by atoms with E-state index < -0.39 is 5.97 Å². The first-order chi connectivity index (χ1) is 17.5. The molecule has 1 aliphatic heterocycles. The van der Waals surface area contributed by atoms with Crippen molar-refractivity contribution in [3.05, 3.63) is 71.3 Å². The van der Waals surface area contributed by atoms with Gasteiger partial charge in [0.25, 0.3) is 0 Å². The number of carbonyl (C=O) groups is 1. The van der Waals surface area contributed by atoms with Gasteiger partial charge in [-0.25, -0.2) is 18.9 Å². The Morgan fingerprint density at radius 2 is 1.78 bits per heavy atom. The maximum atomic E-state index is 14.5. The van der Waals surface area contributed by atoms with Gasteiger partial charge in [-0.1, -0.05) is 24.6 Å². The summed E-state index contributed by atoms with van der Waals surface area (Å²) in [5.41, 5.74) is 5.12. The summed E-state index contributed by atoms with van der Waals surface area (Å²) in [6, 6.07) is 14.7. The van der Waals surface area contributed by atoms with Gasteiger partial charge in [0.2, 0.25) is 0 Å². The zero-order valence-corrected chi connectivity index (χ0v) is 20.1. The monoisotopic (exact) mass is 486 g/mol. The summed E-state index contributed by atoms with van der Waals surface area (Å²) in [4.78, 5) is 18.9. The molecule has 184 valence electrons. The van der Waals surface area contributed by atoms with E-state index in [-0.39, 0.29) is 17.4 Å². The number of halogens is 1. The molecule has 1 N–H and O–H groups in total. The number of hydrogen-bond donors (Lipinski definition) is 1. The number of aryl methyl sites for hydroxylation is 1. The molecule has 2 fully saturated rings. The Bertz CT molecular complexity index is 1450. The lowest BCUT2D eigenvalue weighted by Gasteiger charge is -2.29. The number of carboxylic acids is 1. The third-order valence-corrected chi connectivity index (χ3v) is 7.33. The van der Waals surface area contributed by atoms with E-state index in [1.807, 2.05) is 12.1 Å². The Hall–Kier alpha value is -3.78. The van der Waals surface area contributed by atoms with Crippen molar-refractivity contribution >= 4 is 22.7 Å². The Morgan fingerprint density at radius 3 is 2.42 bits per heavy atom. The lowest BCUT2D eigenvalue weighted by atomic mass is 9.81. The molecule has 3 heterocycles. The highest BCUT2D eigenvalue weighted by atomic mass is 19.1.